The highest BCUT2D eigenvalue weighted by Crippen LogP contribution is 2.39. The summed E-state index contributed by atoms with van der Waals surface area (Å²) in [5.74, 6) is 0.857. The highest BCUT2D eigenvalue weighted by Gasteiger charge is 2.46. The predicted octanol–water partition coefficient (Wildman–Crippen LogP) is 0.765. The zero-order valence-electron chi connectivity index (χ0n) is 11.1. The second-order valence-corrected chi connectivity index (χ2v) is 5.62. The van der Waals surface area contributed by atoms with Gasteiger partial charge in [0.05, 0.1) is 12.3 Å². The van der Waals surface area contributed by atoms with Crippen LogP contribution in [0.2, 0.25) is 0 Å². The van der Waals surface area contributed by atoms with Crippen LogP contribution in [0.4, 0.5) is 5.95 Å². The zero-order valence-corrected chi connectivity index (χ0v) is 11.1. The van der Waals surface area contributed by atoms with E-state index in [4.69, 9.17) is 4.74 Å². The van der Waals surface area contributed by atoms with E-state index in [-0.39, 0.29) is 0 Å². The van der Waals surface area contributed by atoms with Crippen LogP contribution in [0.5, 0.6) is 0 Å². The first-order valence-corrected chi connectivity index (χ1v) is 6.45. The Kier molecular flexibility index (Phi) is 2.95. The van der Waals surface area contributed by atoms with Gasteiger partial charge in [-0.25, -0.2) is 9.97 Å². The minimum absolute atomic E-state index is 0.495. The molecule has 0 aliphatic carbocycles. The standard InChI is InChI=1S/C13H20N4O/c1-16-8-13(9-16)4-6-17(10-13)12-14-5-3-11(15-12)7-18-2/h3,5H,4,6-10H2,1-2H3. The van der Waals surface area contributed by atoms with Crippen molar-refractivity contribution >= 4 is 5.95 Å². The molecular formula is C13H20N4O. The summed E-state index contributed by atoms with van der Waals surface area (Å²) in [6.45, 7) is 5.14. The smallest absolute Gasteiger partial charge is 0.225 e. The molecule has 3 heterocycles. The molecule has 0 unspecified atom stereocenters. The van der Waals surface area contributed by atoms with Gasteiger partial charge in [0.25, 0.3) is 0 Å². The van der Waals surface area contributed by atoms with Crippen LogP contribution < -0.4 is 4.90 Å². The molecule has 0 atom stereocenters. The maximum Gasteiger partial charge on any atom is 0.225 e. The third-order valence-corrected chi connectivity index (χ3v) is 3.92. The molecule has 1 aromatic rings. The molecule has 0 saturated carbocycles. The summed E-state index contributed by atoms with van der Waals surface area (Å²) in [6.07, 6.45) is 3.09. The first-order valence-electron chi connectivity index (χ1n) is 6.45. The quantitative estimate of drug-likeness (QED) is 0.790. The molecule has 0 radical (unpaired) electrons. The average Bonchev–Trinajstić information content (AvgIpc) is 2.75. The van der Waals surface area contributed by atoms with Crippen molar-refractivity contribution in [2.45, 2.75) is 13.0 Å². The van der Waals surface area contributed by atoms with Crippen molar-refractivity contribution in [3.63, 3.8) is 0 Å². The van der Waals surface area contributed by atoms with Crippen LogP contribution in [0.1, 0.15) is 12.1 Å². The molecule has 5 nitrogen and oxygen atoms in total. The Bertz CT molecular complexity index is 431. The van der Waals surface area contributed by atoms with Gasteiger partial charge in [-0.15, -0.1) is 0 Å². The number of anilines is 1. The van der Waals surface area contributed by atoms with E-state index in [1.807, 2.05) is 12.3 Å². The molecule has 1 aromatic heterocycles. The number of hydrogen-bond acceptors (Lipinski definition) is 5. The number of likely N-dealkylation sites (tertiary alicyclic amines) is 1. The van der Waals surface area contributed by atoms with Crippen molar-refractivity contribution in [2.24, 2.45) is 5.41 Å². The maximum atomic E-state index is 5.12. The summed E-state index contributed by atoms with van der Waals surface area (Å²) in [6, 6.07) is 1.91. The first-order chi connectivity index (χ1) is 8.71. The summed E-state index contributed by atoms with van der Waals surface area (Å²) in [5, 5.41) is 0. The highest BCUT2D eigenvalue weighted by atomic mass is 16.5. The van der Waals surface area contributed by atoms with Crippen molar-refractivity contribution in [3.8, 4) is 0 Å². The Hall–Kier alpha value is -1.20. The molecule has 0 bridgehead atoms. The van der Waals surface area contributed by atoms with E-state index < -0.39 is 0 Å². The van der Waals surface area contributed by atoms with Crippen LogP contribution in [-0.4, -0.2) is 55.2 Å². The molecule has 2 aliphatic rings. The Morgan fingerprint density at radius 2 is 2.22 bits per heavy atom. The van der Waals surface area contributed by atoms with Gasteiger partial charge in [0.1, 0.15) is 0 Å². The van der Waals surface area contributed by atoms with Gasteiger partial charge < -0.3 is 14.5 Å². The summed E-state index contributed by atoms with van der Waals surface area (Å²) in [7, 11) is 3.88. The lowest BCUT2D eigenvalue weighted by atomic mass is 9.79. The monoisotopic (exact) mass is 248 g/mol. The van der Waals surface area contributed by atoms with Crippen molar-refractivity contribution in [1.82, 2.24) is 14.9 Å². The predicted molar refractivity (Wildman–Crippen MR) is 69.5 cm³/mol. The maximum absolute atomic E-state index is 5.12. The van der Waals surface area contributed by atoms with Crippen LogP contribution in [0, 0.1) is 5.41 Å². The lowest BCUT2D eigenvalue weighted by Crippen LogP contribution is -2.55. The largest absolute Gasteiger partial charge is 0.378 e. The molecule has 0 N–H and O–H groups in total. The van der Waals surface area contributed by atoms with Crippen molar-refractivity contribution in [3.05, 3.63) is 18.0 Å². The lowest BCUT2D eigenvalue weighted by Gasteiger charge is -2.46. The van der Waals surface area contributed by atoms with Gasteiger partial charge in [0, 0.05) is 44.9 Å². The lowest BCUT2D eigenvalue weighted by molar-refractivity contribution is 0.0424. The van der Waals surface area contributed by atoms with Crippen LogP contribution >= 0.6 is 0 Å². The van der Waals surface area contributed by atoms with E-state index >= 15 is 0 Å². The number of nitrogens with zero attached hydrogens (tertiary/aromatic N) is 4. The van der Waals surface area contributed by atoms with Gasteiger partial charge in [-0.3, -0.25) is 0 Å². The number of methoxy groups -OCH3 is 1. The van der Waals surface area contributed by atoms with Crippen molar-refractivity contribution < 1.29 is 4.74 Å². The Morgan fingerprint density at radius 1 is 1.39 bits per heavy atom. The molecule has 1 spiro atoms. The van der Waals surface area contributed by atoms with Gasteiger partial charge in [-0.2, -0.15) is 0 Å². The molecule has 0 amide bonds. The van der Waals surface area contributed by atoms with E-state index in [1.165, 1.54) is 19.5 Å². The summed E-state index contributed by atoms with van der Waals surface area (Å²) in [5.41, 5.74) is 1.45. The molecule has 3 rings (SSSR count). The highest BCUT2D eigenvalue weighted by molar-refractivity contribution is 5.34. The normalized spacial score (nSPS) is 22.4. The average molecular weight is 248 g/mol. The van der Waals surface area contributed by atoms with Gasteiger partial charge in [0.2, 0.25) is 5.95 Å². The van der Waals surface area contributed by atoms with Gasteiger partial charge in [0.15, 0.2) is 0 Å². The fourth-order valence-electron chi connectivity index (χ4n) is 3.23. The van der Waals surface area contributed by atoms with Gasteiger partial charge in [-0.05, 0) is 19.5 Å². The molecular weight excluding hydrogens is 228 g/mol. The van der Waals surface area contributed by atoms with Crippen LogP contribution in [0.15, 0.2) is 12.3 Å². The van der Waals surface area contributed by atoms with E-state index in [9.17, 15) is 0 Å². The van der Waals surface area contributed by atoms with Gasteiger partial charge >= 0.3 is 0 Å². The molecule has 2 saturated heterocycles. The zero-order chi connectivity index (χ0) is 12.6. The first kappa shape index (κ1) is 11.9. The number of ether oxygens (including phenoxy) is 1. The third-order valence-electron chi connectivity index (χ3n) is 3.92. The second-order valence-electron chi connectivity index (χ2n) is 5.62. The van der Waals surface area contributed by atoms with E-state index in [2.05, 4.69) is 26.8 Å². The topological polar surface area (TPSA) is 41.5 Å². The van der Waals surface area contributed by atoms with Crippen LogP contribution in [-0.2, 0) is 11.3 Å². The molecule has 18 heavy (non-hydrogen) atoms. The number of aromatic nitrogens is 2. The summed E-state index contributed by atoms with van der Waals surface area (Å²) in [4.78, 5) is 13.6. The second kappa shape index (κ2) is 4.48. The minimum Gasteiger partial charge on any atom is -0.378 e. The molecule has 2 aliphatic heterocycles. The fourth-order valence-corrected chi connectivity index (χ4v) is 3.23. The molecule has 2 fully saturated rings. The number of hydrogen-bond donors (Lipinski definition) is 0. The van der Waals surface area contributed by atoms with E-state index in [1.54, 1.807) is 7.11 Å². The van der Waals surface area contributed by atoms with Crippen molar-refractivity contribution in [1.29, 1.82) is 0 Å². The Morgan fingerprint density at radius 3 is 2.94 bits per heavy atom. The van der Waals surface area contributed by atoms with E-state index in [0.717, 1.165) is 24.7 Å². The Labute approximate surface area is 108 Å². The molecule has 5 heteroatoms. The minimum atomic E-state index is 0.495. The Balaban J connectivity index is 1.70. The van der Waals surface area contributed by atoms with Gasteiger partial charge in [-0.1, -0.05) is 0 Å². The third kappa shape index (κ3) is 2.08. The summed E-state index contributed by atoms with van der Waals surface area (Å²) < 4.78 is 5.12. The molecule has 98 valence electrons. The summed E-state index contributed by atoms with van der Waals surface area (Å²) >= 11 is 0. The van der Waals surface area contributed by atoms with E-state index in [0.29, 0.717) is 12.0 Å². The van der Waals surface area contributed by atoms with Crippen LogP contribution in [0.3, 0.4) is 0 Å². The number of rotatable bonds is 3. The fraction of sp³-hybridized carbons (Fsp3) is 0.692. The van der Waals surface area contributed by atoms with Crippen LogP contribution in [0.25, 0.3) is 0 Å². The molecule has 0 aromatic carbocycles. The SMILES string of the molecule is COCc1ccnc(N2CCC3(CN(C)C3)C2)n1. The van der Waals surface area contributed by atoms with Crippen molar-refractivity contribution in [2.75, 3.05) is 45.2 Å².